The van der Waals surface area contributed by atoms with E-state index in [0.29, 0.717) is 40.4 Å². The first-order valence-corrected chi connectivity index (χ1v) is 15.7. The molecular weight excluding hydrogens is 658 g/mol. The van der Waals surface area contributed by atoms with E-state index in [9.17, 15) is 5.26 Å². The van der Waals surface area contributed by atoms with Crippen molar-refractivity contribution in [2.75, 3.05) is 19.1 Å². The third-order valence-electron chi connectivity index (χ3n) is 7.69. The van der Waals surface area contributed by atoms with Crippen LogP contribution < -0.4 is 19.1 Å². The second-order valence-electron chi connectivity index (χ2n) is 11.0. The van der Waals surface area contributed by atoms with Crippen LogP contribution in [0, 0.1) is 25.2 Å². The van der Waals surface area contributed by atoms with Crippen LogP contribution in [0.2, 0.25) is 0 Å². The monoisotopic (exact) mass is 689 g/mol. The molecule has 10 nitrogen and oxygen atoms in total. The van der Waals surface area contributed by atoms with E-state index in [2.05, 4.69) is 31.9 Å². The maximum atomic E-state index is 9.63. The molecule has 0 aliphatic carbocycles. The van der Waals surface area contributed by atoms with Crippen LogP contribution in [0.3, 0.4) is 0 Å². The van der Waals surface area contributed by atoms with E-state index in [0.717, 1.165) is 45.1 Å². The highest BCUT2D eigenvalue weighted by Crippen LogP contribution is 2.34. The van der Waals surface area contributed by atoms with Crippen LogP contribution >= 0.6 is 15.9 Å². The summed E-state index contributed by atoms with van der Waals surface area (Å²) in [6, 6.07) is 29.6. The van der Waals surface area contributed by atoms with E-state index in [1.807, 2.05) is 92.7 Å². The maximum Gasteiger partial charge on any atom is 0.336 e. The predicted molar refractivity (Wildman–Crippen MR) is 183 cm³/mol. The zero-order valence-electron chi connectivity index (χ0n) is 26.4. The van der Waals surface area contributed by atoms with E-state index in [-0.39, 0.29) is 12.6 Å². The molecule has 3 heterocycles. The number of ether oxygens (including phenoxy) is 3. The molecule has 0 aliphatic heterocycles. The number of hydrogen-bond donors (Lipinski definition) is 0. The van der Waals surface area contributed by atoms with Gasteiger partial charge in [-0.1, -0.05) is 42.5 Å². The van der Waals surface area contributed by atoms with Crippen LogP contribution in [-0.2, 0) is 19.7 Å². The van der Waals surface area contributed by atoms with Gasteiger partial charge < -0.3 is 19.1 Å². The lowest BCUT2D eigenvalue weighted by Crippen LogP contribution is -2.26. The minimum atomic E-state index is 0.188. The van der Waals surface area contributed by atoms with E-state index < -0.39 is 0 Å². The summed E-state index contributed by atoms with van der Waals surface area (Å²) in [6.07, 6.45) is 0. The van der Waals surface area contributed by atoms with Crippen molar-refractivity contribution in [1.29, 1.82) is 5.26 Å². The van der Waals surface area contributed by atoms with Gasteiger partial charge in [0.15, 0.2) is 5.65 Å². The predicted octanol–water partition coefficient (Wildman–Crippen LogP) is 7.24. The summed E-state index contributed by atoms with van der Waals surface area (Å²) in [4.78, 5) is 16.7. The fourth-order valence-corrected chi connectivity index (χ4v) is 5.70. The Bertz CT molecular complexity index is 2020. The number of halogens is 1. The quantitative estimate of drug-likeness (QED) is 0.139. The molecular formula is C36H32BrN7O3. The summed E-state index contributed by atoms with van der Waals surface area (Å²) >= 11 is 3.76. The Labute approximate surface area is 281 Å². The zero-order valence-corrected chi connectivity index (χ0v) is 28.0. The standard InChI is InChI=1S/C36H32BrN7O3/c1-23-8-9-24(2)39-31(23)22-47-35-41-34-32(37)33(28-7-5-6-27(18-28)19-38)40-36(44(34)42-35)43(20-25-10-14-29(45-3)15-11-25)21-26-12-16-30(46-4)17-13-26/h5-18H,20-22H2,1-4H3. The van der Waals surface area contributed by atoms with Gasteiger partial charge >= 0.3 is 6.01 Å². The number of nitrogens with zero attached hydrogens (tertiary/aromatic N) is 7. The molecule has 3 aromatic heterocycles. The summed E-state index contributed by atoms with van der Waals surface area (Å²) in [5.41, 5.74) is 7.26. The first-order valence-electron chi connectivity index (χ1n) is 14.9. The van der Waals surface area contributed by atoms with E-state index in [1.54, 1.807) is 24.8 Å². The second-order valence-corrected chi connectivity index (χ2v) is 11.7. The fraction of sp³-hybridized carbons (Fsp3) is 0.194. The van der Waals surface area contributed by atoms with Crippen LogP contribution in [0.15, 0.2) is 89.4 Å². The largest absolute Gasteiger partial charge is 0.497 e. The van der Waals surface area contributed by atoms with Gasteiger partial charge in [0.05, 0.1) is 41.7 Å². The highest BCUT2D eigenvalue weighted by atomic mass is 79.9. The topological polar surface area (TPSA) is 111 Å². The molecule has 0 bridgehead atoms. The van der Waals surface area contributed by atoms with Gasteiger partial charge in [0.1, 0.15) is 18.1 Å². The molecule has 236 valence electrons. The number of fused-ring (bicyclic) bond motifs is 1. The molecule has 0 aliphatic rings. The molecule has 47 heavy (non-hydrogen) atoms. The van der Waals surface area contributed by atoms with Crippen molar-refractivity contribution in [3.05, 3.63) is 123 Å². The third kappa shape index (κ3) is 7.03. The summed E-state index contributed by atoms with van der Waals surface area (Å²) in [6.45, 7) is 5.16. The molecule has 0 radical (unpaired) electrons. The van der Waals surface area contributed by atoms with Gasteiger partial charge in [0, 0.05) is 24.3 Å². The van der Waals surface area contributed by atoms with E-state index >= 15 is 0 Å². The molecule has 6 aromatic rings. The molecule has 11 heteroatoms. The number of aromatic nitrogens is 5. The van der Waals surface area contributed by atoms with Crippen LogP contribution in [0.25, 0.3) is 16.9 Å². The molecule has 0 saturated heterocycles. The number of benzene rings is 3. The van der Waals surface area contributed by atoms with Gasteiger partial charge in [0.2, 0.25) is 5.95 Å². The minimum Gasteiger partial charge on any atom is -0.497 e. The van der Waals surface area contributed by atoms with Crippen molar-refractivity contribution in [2.24, 2.45) is 0 Å². The van der Waals surface area contributed by atoms with Crippen molar-refractivity contribution in [3.8, 4) is 34.8 Å². The Morgan fingerprint density at radius 3 is 2.11 bits per heavy atom. The molecule has 6 rings (SSSR count). The average Bonchev–Trinajstić information content (AvgIpc) is 3.54. The lowest BCUT2D eigenvalue weighted by atomic mass is 10.1. The maximum absolute atomic E-state index is 9.63. The molecule has 0 unspecified atom stereocenters. The number of anilines is 1. The molecule has 0 amide bonds. The van der Waals surface area contributed by atoms with E-state index in [4.69, 9.17) is 29.3 Å². The Balaban J connectivity index is 1.49. The number of pyridine rings is 1. The smallest absolute Gasteiger partial charge is 0.336 e. The van der Waals surface area contributed by atoms with Crippen molar-refractivity contribution in [1.82, 2.24) is 24.6 Å². The number of hydrogen-bond acceptors (Lipinski definition) is 9. The third-order valence-corrected chi connectivity index (χ3v) is 8.42. The van der Waals surface area contributed by atoms with Crippen LogP contribution in [0.1, 0.15) is 33.6 Å². The van der Waals surface area contributed by atoms with Crippen LogP contribution in [-0.4, -0.2) is 38.8 Å². The van der Waals surface area contributed by atoms with Crippen LogP contribution in [0.4, 0.5) is 5.95 Å². The first kappa shape index (κ1) is 31.5. The Hall–Kier alpha value is -5.47. The summed E-state index contributed by atoms with van der Waals surface area (Å²) in [5, 5.41) is 14.4. The average molecular weight is 691 g/mol. The number of aryl methyl sites for hydroxylation is 2. The summed E-state index contributed by atoms with van der Waals surface area (Å²) in [5.74, 6) is 2.09. The van der Waals surface area contributed by atoms with Crippen molar-refractivity contribution in [2.45, 2.75) is 33.5 Å². The summed E-state index contributed by atoms with van der Waals surface area (Å²) in [7, 11) is 3.30. The minimum absolute atomic E-state index is 0.188. The number of rotatable bonds is 11. The van der Waals surface area contributed by atoms with Gasteiger partial charge in [-0.25, -0.2) is 4.98 Å². The van der Waals surface area contributed by atoms with Gasteiger partial charge in [0.25, 0.3) is 0 Å². The number of methoxy groups -OCH3 is 2. The second kappa shape index (κ2) is 13.9. The Morgan fingerprint density at radius 1 is 0.830 bits per heavy atom. The van der Waals surface area contributed by atoms with Gasteiger partial charge in [-0.15, -0.1) is 5.10 Å². The first-order chi connectivity index (χ1) is 22.8. The molecule has 0 fully saturated rings. The van der Waals surface area contributed by atoms with Gasteiger partial charge in [-0.3, -0.25) is 4.98 Å². The van der Waals surface area contributed by atoms with Gasteiger partial charge in [-0.05, 0) is 88.9 Å². The number of nitriles is 1. The Kier molecular flexibility index (Phi) is 9.31. The highest BCUT2D eigenvalue weighted by molar-refractivity contribution is 9.10. The SMILES string of the molecule is COc1ccc(CN(Cc2ccc(OC)cc2)c2nc(-c3cccc(C#N)c3)c(Br)c3nc(OCc4nc(C)ccc4C)nn23)cc1. The molecule has 3 aromatic carbocycles. The summed E-state index contributed by atoms with van der Waals surface area (Å²) < 4.78 is 19.2. The fourth-order valence-electron chi connectivity index (χ4n) is 5.13. The van der Waals surface area contributed by atoms with Gasteiger partial charge in [-0.2, -0.15) is 14.8 Å². The molecule has 0 N–H and O–H groups in total. The molecule has 0 saturated carbocycles. The molecule has 0 spiro atoms. The van der Waals surface area contributed by atoms with Crippen LogP contribution in [0.5, 0.6) is 17.5 Å². The normalized spacial score (nSPS) is 10.9. The van der Waals surface area contributed by atoms with Crippen molar-refractivity contribution < 1.29 is 14.2 Å². The zero-order chi connectivity index (χ0) is 32.9. The van der Waals surface area contributed by atoms with Crippen molar-refractivity contribution >= 4 is 27.5 Å². The van der Waals surface area contributed by atoms with E-state index in [1.165, 1.54) is 0 Å². The molecule has 0 atom stereocenters. The Morgan fingerprint density at radius 2 is 1.49 bits per heavy atom. The highest BCUT2D eigenvalue weighted by Gasteiger charge is 2.23. The lowest BCUT2D eigenvalue weighted by Gasteiger charge is -2.25. The lowest BCUT2D eigenvalue weighted by molar-refractivity contribution is 0.276. The van der Waals surface area contributed by atoms with Crippen molar-refractivity contribution in [3.63, 3.8) is 0 Å².